The summed E-state index contributed by atoms with van der Waals surface area (Å²) in [5, 5.41) is 8.94. The van der Waals surface area contributed by atoms with E-state index >= 15 is 0 Å². The van der Waals surface area contributed by atoms with E-state index in [-0.39, 0.29) is 29.7 Å². The fourth-order valence-electron chi connectivity index (χ4n) is 1.74. The van der Waals surface area contributed by atoms with Crippen LogP contribution >= 0.6 is 0 Å². The minimum Gasteiger partial charge on any atom is -0.462 e. The molecule has 1 rings (SSSR count). The van der Waals surface area contributed by atoms with Gasteiger partial charge in [-0.1, -0.05) is 6.92 Å². The molecule has 0 aliphatic heterocycles. The molecule has 0 saturated carbocycles. The number of rotatable bonds is 4. The van der Waals surface area contributed by atoms with Crippen molar-refractivity contribution in [2.24, 2.45) is 0 Å². The van der Waals surface area contributed by atoms with Crippen molar-refractivity contribution < 1.29 is 27.4 Å². The first kappa shape index (κ1) is 15.8. The summed E-state index contributed by atoms with van der Waals surface area (Å²) in [5.41, 5.74) is -0.0662. The third kappa shape index (κ3) is 3.63. The first-order chi connectivity index (χ1) is 9.34. The number of hydrogen-bond acceptors (Lipinski definition) is 4. The Morgan fingerprint density at radius 2 is 2.00 bits per heavy atom. The molecule has 108 valence electrons. The molecular weight excluding hydrogens is 275 g/mol. The molecule has 0 aliphatic rings. The van der Waals surface area contributed by atoms with Gasteiger partial charge in [0.2, 0.25) is 0 Å². The molecule has 1 aromatic carbocycles. The predicted octanol–water partition coefficient (Wildman–Crippen LogP) is 3.20. The van der Waals surface area contributed by atoms with Gasteiger partial charge in [-0.2, -0.15) is 5.26 Å². The van der Waals surface area contributed by atoms with E-state index in [0.29, 0.717) is 0 Å². The van der Waals surface area contributed by atoms with Gasteiger partial charge in [-0.3, -0.25) is 0 Å². The molecule has 4 nitrogen and oxygen atoms in total. The van der Waals surface area contributed by atoms with Gasteiger partial charge in [0.1, 0.15) is 11.3 Å². The molecule has 0 saturated heterocycles. The van der Waals surface area contributed by atoms with Crippen molar-refractivity contribution in [3.63, 3.8) is 0 Å². The van der Waals surface area contributed by atoms with Gasteiger partial charge in [0, 0.05) is 0 Å². The van der Waals surface area contributed by atoms with Crippen molar-refractivity contribution in [2.45, 2.75) is 26.6 Å². The van der Waals surface area contributed by atoms with Gasteiger partial charge >= 0.3 is 12.3 Å². The summed E-state index contributed by atoms with van der Waals surface area (Å²) < 4.78 is 45.6. The number of nitriles is 1. The smallest absolute Gasteiger partial charge is 0.462 e. The Morgan fingerprint density at radius 3 is 2.45 bits per heavy atom. The minimum absolute atomic E-state index is 0.00419. The van der Waals surface area contributed by atoms with Crippen molar-refractivity contribution in [1.29, 1.82) is 5.26 Å². The van der Waals surface area contributed by atoms with Crippen LogP contribution < -0.4 is 4.74 Å². The van der Waals surface area contributed by atoms with E-state index < -0.39 is 18.1 Å². The maximum absolute atomic E-state index is 12.3. The Kier molecular flexibility index (Phi) is 4.97. The lowest BCUT2D eigenvalue weighted by atomic mass is 9.98. The highest BCUT2D eigenvalue weighted by molar-refractivity contribution is 5.95. The molecule has 0 N–H and O–H groups in total. The van der Waals surface area contributed by atoms with Crippen LogP contribution in [-0.4, -0.2) is 18.9 Å². The number of nitrogens with zero attached hydrogens (tertiary/aromatic N) is 1. The number of alkyl halides is 3. The van der Waals surface area contributed by atoms with Gasteiger partial charge in [-0.25, -0.2) is 4.79 Å². The number of halogens is 3. The summed E-state index contributed by atoms with van der Waals surface area (Å²) in [6.45, 7) is 3.16. The second kappa shape index (κ2) is 6.28. The van der Waals surface area contributed by atoms with Crippen LogP contribution in [0.1, 0.15) is 35.3 Å². The molecule has 0 aliphatic carbocycles. The summed E-state index contributed by atoms with van der Waals surface area (Å²) in [6, 6.07) is 3.95. The number of benzene rings is 1. The summed E-state index contributed by atoms with van der Waals surface area (Å²) in [4.78, 5) is 11.8. The van der Waals surface area contributed by atoms with Crippen molar-refractivity contribution in [2.75, 3.05) is 6.61 Å². The van der Waals surface area contributed by atoms with Crippen molar-refractivity contribution in [3.8, 4) is 11.8 Å². The summed E-state index contributed by atoms with van der Waals surface area (Å²) >= 11 is 0. The maximum atomic E-state index is 12.3. The van der Waals surface area contributed by atoms with Crippen molar-refractivity contribution >= 4 is 5.97 Å². The predicted molar refractivity (Wildman–Crippen MR) is 63.2 cm³/mol. The van der Waals surface area contributed by atoms with Gasteiger partial charge < -0.3 is 9.47 Å². The molecule has 0 bridgehead atoms. The molecule has 7 heteroatoms. The van der Waals surface area contributed by atoms with Crippen LogP contribution in [0.5, 0.6) is 5.75 Å². The molecule has 0 radical (unpaired) electrons. The topological polar surface area (TPSA) is 59.3 Å². The third-order valence-corrected chi connectivity index (χ3v) is 2.45. The number of carbonyl (C=O) groups excluding carboxylic acids is 1. The summed E-state index contributed by atoms with van der Waals surface area (Å²) in [6.07, 6.45) is -4.73. The molecular formula is C13H12F3NO3. The van der Waals surface area contributed by atoms with Gasteiger partial charge in [-0.05, 0) is 31.0 Å². The highest BCUT2D eigenvalue weighted by Crippen LogP contribution is 2.31. The molecule has 0 spiro atoms. The zero-order chi connectivity index (χ0) is 15.3. The second-order valence-electron chi connectivity index (χ2n) is 3.70. The number of carbonyl (C=O) groups is 1. The summed E-state index contributed by atoms with van der Waals surface area (Å²) in [5.74, 6) is -1.60. The third-order valence-electron chi connectivity index (χ3n) is 2.45. The van der Waals surface area contributed by atoms with Crippen LogP contribution in [0, 0.1) is 11.3 Å². The zero-order valence-electron chi connectivity index (χ0n) is 10.9. The molecule has 0 atom stereocenters. The Labute approximate surface area is 113 Å². The van der Waals surface area contributed by atoms with Crippen LogP contribution in [0.25, 0.3) is 0 Å². The molecule has 0 amide bonds. The van der Waals surface area contributed by atoms with E-state index in [1.165, 1.54) is 13.0 Å². The monoisotopic (exact) mass is 287 g/mol. The minimum atomic E-state index is -4.93. The SMILES string of the molecule is CCOC(=O)c1c(OC(F)(F)F)ccc(C#N)c1CC. The number of esters is 1. The Morgan fingerprint density at radius 1 is 1.35 bits per heavy atom. The maximum Gasteiger partial charge on any atom is 0.573 e. The van der Waals surface area contributed by atoms with Crippen LogP contribution in [0.4, 0.5) is 13.2 Å². The lowest BCUT2D eigenvalue weighted by Gasteiger charge is -2.16. The first-order valence-corrected chi connectivity index (χ1v) is 5.82. The van der Waals surface area contributed by atoms with Gasteiger partial charge in [0.15, 0.2) is 0 Å². The Hall–Kier alpha value is -2.23. The van der Waals surface area contributed by atoms with Crippen molar-refractivity contribution in [3.05, 3.63) is 28.8 Å². The van der Waals surface area contributed by atoms with Crippen LogP contribution in [-0.2, 0) is 11.2 Å². The Bertz CT molecular complexity index is 547. The zero-order valence-corrected chi connectivity index (χ0v) is 10.9. The quantitative estimate of drug-likeness (QED) is 0.798. The molecule has 20 heavy (non-hydrogen) atoms. The molecule has 0 heterocycles. The lowest BCUT2D eigenvalue weighted by molar-refractivity contribution is -0.274. The van der Waals surface area contributed by atoms with E-state index in [4.69, 9.17) is 10.00 Å². The van der Waals surface area contributed by atoms with Crippen LogP contribution in [0.15, 0.2) is 12.1 Å². The fourth-order valence-corrected chi connectivity index (χ4v) is 1.74. The van der Waals surface area contributed by atoms with Gasteiger partial charge in [0.25, 0.3) is 0 Å². The Balaban J connectivity index is 3.44. The van der Waals surface area contributed by atoms with Gasteiger partial charge in [-0.15, -0.1) is 13.2 Å². The van der Waals surface area contributed by atoms with Crippen molar-refractivity contribution in [1.82, 2.24) is 0 Å². The second-order valence-corrected chi connectivity index (χ2v) is 3.70. The average molecular weight is 287 g/mol. The lowest BCUT2D eigenvalue weighted by Crippen LogP contribution is -2.21. The van der Waals surface area contributed by atoms with E-state index in [1.54, 1.807) is 6.92 Å². The summed E-state index contributed by atoms with van der Waals surface area (Å²) in [7, 11) is 0. The highest BCUT2D eigenvalue weighted by atomic mass is 19.4. The highest BCUT2D eigenvalue weighted by Gasteiger charge is 2.34. The molecule has 1 aromatic rings. The molecule has 0 aromatic heterocycles. The van der Waals surface area contributed by atoms with Crippen LogP contribution in [0.3, 0.4) is 0 Å². The molecule has 0 unspecified atom stereocenters. The van der Waals surface area contributed by atoms with Crippen LogP contribution in [0.2, 0.25) is 0 Å². The van der Waals surface area contributed by atoms with E-state index in [2.05, 4.69) is 4.74 Å². The standard InChI is InChI=1S/C13H12F3NO3/c1-3-9-8(7-17)5-6-10(20-13(14,15)16)11(9)12(18)19-4-2/h5-6H,3-4H2,1-2H3. The average Bonchev–Trinajstić information content (AvgIpc) is 2.36. The first-order valence-electron chi connectivity index (χ1n) is 5.82. The van der Waals surface area contributed by atoms with E-state index in [0.717, 1.165) is 6.07 Å². The number of hydrogen-bond donors (Lipinski definition) is 0. The normalized spacial score (nSPS) is 10.8. The number of ether oxygens (including phenoxy) is 2. The fraction of sp³-hybridized carbons (Fsp3) is 0.385. The van der Waals surface area contributed by atoms with E-state index in [1.807, 2.05) is 6.07 Å². The van der Waals surface area contributed by atoms with E-state index in [9.17, 15) is 18.0 Å². The van der Waals surface area contributed by atoms with Gasteiger partial charge in [0.05, 0.1) is 18.2 Å². The molecule has 0 fully saturated rings. The largest absolute Gasteiger partial charge is 0.573 e.